The van der Waals surface area contributed by atoms with Gasteiger partial charge in [-0.15, -0.1) is 6.42 Å². The van der Waals surface area contributed by atoms with Gasteiger partial charge in [-0.3, -0.25) is 0 Å². The lowest BCUT2D eigenvalue weighted by molar-refractivity contribution is 0.0600. The predicted molar refractivity (Wildman–Crippen MR) is 44.6 cm³/mol. The van der Waals surface area contributed by atoms with Crippen LogP contribution in [-0.2, 0) is 4.74 Å². The lowest BCUT2D eigenvalue weighted by atomic mass is 10.1. The highest BCUT2D eigenvalue weighted by Crippen LogP contribution is 2.07. The molecule has 1 aromatic rings. The summed E-state index contributed by atoms with van der Waals surface area (Å²) in [7, 11) is 1.32. The Hall–Kier alpha value is -1.75. The third kappa shape index (κ3) is 1.46. The fourth-order valence-corrected chi connectivity index (χ4v) is 0.836. The van der Waals surface area contributed by atoms with Gasteiger partial charge in [0.2, 0.25) is 0 Å². The number of esters is 1. The molecule has 1 aromatic carbocycles. The second kappa shape index (κ2) is 3.59. The van der Waals surface area contributed by atoms with Gasteiger partial charge in [-0.2, -0.15) is 0 Å². The van der Waals surface area contributed by atoms with Crippen LogP contribution in [0.15, 0.2) is 18.2 Å². The van der Waals surface area contributed by atoms with E-state index in [1.54, 1.807) is 18.2 Å². The fraction of sp³-hybridized carbons (Fsp3) is 0.100. The highest BCUT2D eigenvalue weighted by molar-refractivity contribution is 5.92. The van der Waals surface area contributed by atoms with Gasteiger partial charge in [0, 0.05) is 5.56 Å². The van der Waals surface area contributed by atoms with E-state index < -0.39 is 5.97 Å². The summed E-state index contributed by atoms with van der Waals surface area (Å²) in [6.07, 6.45) is 5.15. The van der Waals surface area contributed by atoms with Gasteiger partial charge in [-0.05, 0) is 12.1 Å². The fourth-order valence-electron chi connectivity index (χ4n) is 0.836. The first-order chi connectivity index (χ1) is 5.79. The molecule has 2 nitrogen and oxygen atoms in total. The third-order valence-electron chi connectivity index (χ3n) is 1.41. The summed E-state index contributed by atoms with van der Waals surface area (Å²) in [5.74, 6) is 1.92. The Kier molecular flexibility index (Phi) is 2.49. The minimum Gasteiger partial charge on any atom is -0.465 e. The molecule has 0 aliphatic carbocycles. The lowest BCUT2D eigenvalue weighted by Crippen LogP contribution is -2.03. The Morgan fingerprint density at radius 2 is 2.50 bits per heavy atom. The molecule has 1 rings (SSSR count). The second-order valence-electron chi connectivity index (χ2n) is 2.09. The van der Waals surface area contributed by atoms with Crippen LogP contribution in [0.4, 0.5) is 0 Å². The molecule has 0 bridgehead atoms. The Morgan fingerprint density at radius 3 is 3.08 bits per heavy atom. The Morgan fingerprint density at radius 1 is 1.75 bits per heavy atom. The van der Waals surface area contributed by atoms with Crippen molar-refractivity contribution < 1.29 is 9.53 Å². The highest BCUT2D eigenvalue weighted by Gasteiger charge is 2.08. The van der Waals surface area contributed by atoms with E-state index in [1.165, 1.54) is 7.11 Å². The molecule has 2 heteroatoms. The summed E-state index contributed by atoms with van der Waals surface area (Å²) < 4.78 is 4.52. The van der Waals surface area contributed by atoms with Crippen LogP contribution in [0.5, 0.6) is 0 Å². The van der Waals surface area contributed by atoms with Crippen LogP contribution >= 0.6 is 0 Å². The summed E-state index contributed by atoms with van der Waals surface area (Å²) in [4.78, 5) is 11.1. The lowest BCUT2D eigenvalue weighted by Gasteiger charge is -1.99. The number of hydrogen-bond donors (Lipinski definition) is 0. The molecule has 1 radical (unpaired) electrons. The number of ether oxygens (including phenoxy) is 1. The molecular formula is C10H7O2. The molecule has 0 amide bonds. The van der Waals surface area contributed by atoms with E-state index in [0.717, 1.165) is 0 Å². The van der Waals surface area contributed by atoms with Gasteiger partial charge in [0.25, 0.3) is 0 Å². The third-order valence-corrected chi connectivity index (χ3v) is 1.41. The van der Waals surface area contributed by atoms with Gasteiger partial charge in [0.05, 0.1) is 12.7 Å². The van der Waals surface area contributed by atoms with Crippen molar-refractivity contribution in [3.8, 4) is 12.3 Å². The van der Waals surface area contributed by atoms with Crippen LogP contribution < -0.4 is 0 Å². The van der Waals surface area contributed by atoms with Crippen molar-refractivity contribution in [2.24, 2.45) is 0 Å². The largest absolute Gasteiger partial charge is 0.465 e. The molecule has 0 fully saturated rings. The number of hydrogen-bond acceptors (Lipinski definition) is 2. The predicted octanol–water partition coefficient (Wildman–Crippen LogP) is 1.25. The van der Waals surface area contributed by atoms with Crippen LogP contribution in [0.3, 0.4) is 0 Å². The maximum atomic E-state index is 11.1. The smallest absolute Gasteiger partial charge is 0.339 e. The first-order valence-electron chi connectivity index (χ1n) is 3.35. The number of rotatable bonds is 1. The average molecular weight is 159 g/mol. The standard InChI is InChI=1S/C10H7O2/c1-3-8-6-4-5-7-9(8)10(11)12-2/h1,4-5,7H,2H3. The second-order valence-corrected chi connectivity index (χ2v) is 2.09. The number of carbonyl (C=O) groups is 1. The zero-order valence-corrected chi connectivity index (χ0v) is 6.63. The van der Waals surface area contributed by atoms with Crippen LogP contribution in [0.2, 0.25) is 0 Å². The van der Waals surface area contributed by atoms with Crippen LogP contribution in [0.1, 0.15) is 15.9 Å². The molecule has 0 aromatic heterocycles. The van der Waals surface area contributed by atoms with Gasteiger partial charge < -0.3 is 4.74 Å². The number of carbonyl (C=O) groups excluding carboxylic acids is 1. The maximum absolute atomic E-state index is 11.1. The van der Waals surface area contributed by atoms with Crippen molar-refractivity contribution in [1.29, 1.82) is 0 Å². The molecule has 0 heterocycles. The molecule has 0 N–H and O–H groups in total. The Bertz CT molecular complexity index is 334. The molecule has 0 spiro atoms. The van der Waals surface area contributed by atoms with Crippen molar-refractivity contribution in [2.45, 2.75) is 0 Å². The number of benzene rings is 1. The minimum atomic E-state index is -0.431. The summed E-state index contributed by atoms with van der Waals surface area (Å²) in [5, 5.41) is 0. The molecule has 0 aliphatic heterocycles. The molecule has 0 aliphatic rings. The normalized spacial score (nSPS) is 8.67. The maximum Gasteiger partial charge on any atom is 0.339 e. The number of terminal acetylenes is 1. The summed E-state index contributed by atoms with van der Waals surface area (Å²) >= 11 is 0. The summed E-state index contributed by atoms with van der Waals surface area (Å²) in [5.41, 5.74) is 0.812. The minimum absolute atomic E-state index is 0.377. The van der Waals surface area contributed by atoms with E-state index in [1.807, 2.05) is 0 Å². The molecule has 0 unspecified atom stereocenters. The molecule has 59 valence electrons. The molecule has 0 atom stereocenters. The molecule has 0 saturated carbocycles. The van der Waals surface area contributed by atoms with Crippen LogP contribution in [-0.4, -0.2) is 13.1 Å². The number of methoxy groups -OCH3 is 1. The SMILES string of the molecule is C#Cc1[c]cccc1C(=O)OC. The quantitative estimate of drug-likeness (QED) is 0.455. The monoisotopic (exact) mass is 159 g/mol. The summed E-state index contributed by atoms with van der Waals surface area (Å²) in [6.45, 7) is 0. The van der Waals surface area contributed by atoms with Gasteiger partial charge in [0.15, 0.2) is 0 Å². The average Bonchev–Trinajstić information content (AvgIpc) is 2.16. The van der Waals surface area contributed by atoms with E-state index in [4.69, 9.17) is 6.42 Å². The Labute approximate surface area is 71.2 Å². The first kappa shape index (κ1) is 8.35. The van der Waals surface area contributed by atoms with Crippen molar-refractivity contribution in [2.75, 3.05) is 7.11 Å². The van der Waals surface area contributed by atoms with Gasteiger partial charge in [-0.1, -0.05) is 18.1 Å². The van der Waals surface area contributed by atoms with Crippen molar-refractivity contribution in [3.63, 3.8) is 0 Å². The molecular weight excluding hydrogens is 152 g/mol. The first-order valence-corrected chi connectivity index (χ1v) is 3.35. The zero-order chi connectivity index (χ0) is 8.97. The van der Waals surface area contributed by atoms with Crippen molar-refractivity contribution in [1.82, 2.24) is 0 Å². The van der Waals surface area contributed by atoms with E-state index in [2.05, 4.69) is 16.7 Å². The van der Waals surface area contributed by atoms with Gasteiger partial charge in [0.1, 0.15) is 0 Å². The van der Waals surface area contributed by atoms with Crippen LogP contribution in [0.25, 0.3) is 0 Å². The molecule has 0 saturated heterocycles. The van der Waals surface area contributed by atoms with E-state index in [0.29, 0.717) is 11.1 Å². The zero-order valence-electron chi connectivity index (χ0n) is 6.63. The Balaban J connectivity index is 3.16. The van der Waals surface area contributed by atoms with E-state index in [-0.39, 0.29) is 0 Å². The van der Waals surface area contributed by atoms with Crippen molar-refractivity contribution in [3.05, 3.63) is 35.4 Å². The highest BCUT2D eigenvalue weighted by atomic mass is 16.5. The van der Waals surface area contributed by atoms with Crippen molar-refractivity contribution >= 4 is 5.97 Å². The summed E-state index contributed by atoms with van der Waals surface area (Å²) in [6, 6.07) is 7.72. The van der Waals surface area contributed by atoms with Gasteiger partial charge >= 0.3 is 5.97 Å². The van der Waals surface area contributed by atoms with E-state index in [9.17, 15) is 4.79 Å². The van der Waals surface area contributed by atoms with Crippen LogP contribution in [0, 0.1) is 18.4 Å². The van der Waals surface area contributed by atoms with Gasteiger partial charge in [-0.25, -0.2) is 4.79 Å². The topological polar surface area (TPSA) is 26.3 Å². The molecule has 12 heavy (non-hydrogen) atoms. The van der Waals surface area contributed by atoms with E-state index >= 15 is 0 Å².